The molecule has 19 heavy (non-hydrogen) atoms. The Kier molecular flexibility index (Phi) is 4.22. The molecule has 100 valence electrons. The van der Waals surface area contributed by atoms with Crippen molar-refractivity contribution in [2.75, 3.05) is 6.54 Å². The first-order valence-corrected chi connectivity index (χ1v) is 6.16. The molecule has 0 fully saturated rings. The topological polar surface area (TPSA) is 24.9 Å². The molecular formula is C15H16F2N2. The summed E-state index contributed by atoms with van der Waals surface area (Å²) in [7, 11) is 0. The van der Waals surface area contributed by atoms with Crippen molar-refractivity contribution in [3.63, 3.8) is 0 Å². The monoisotopic (exact) mass is 262 g/mol. The molecule has 0 bridgehead atoms. The van der Waals surface area contributed by atoms with Crippen LogP contribution in [0.2, 0.25) is 0 Å². The van der Waals surface area contributed by atoms with Gasteiger partial charge in [0.05, 0.1) is 6.54 Å². The van der Waals surface area contributed by atoms with Crippen molar-refractivity contribution in [3.8, 4) is 0 Å². The maximum Gasteiger partial charge on any atom is 0.285 e. The molecule has 4 heteroatoms. The minimum absolute atomic E-state index is 0.0286. The van der Waals surface area contributed by atoms with Crippen LogP contribution in [-0.4, -0.2) is 11.5 Å². The molecule has 0 radical (unpaired) electrons. The molecular weight excluding hydrogens is 246 g/mol. The highest BCUT2D eigenvalue weighted by atomic mass is 19.3. The Morgan fingerprint density at radius 1 is 1.16 bits per heavy atom. The molecule has 0 saturated carbocycles. The van der Waals surface area contributed by atoms with Crippen LogP contribution in [0.15, 0.2) is 54.9 Å². The summed E-state index contributed by atoms with van der Waals surface area (Å²) in [6, 6.07) is 11.3. The molecule has 2 nitrogen and oxygen atoms in total. The summed E-state index contributed by atoms with van der Waals surface area (Å²) in [5.41, 5.74) is 0.923. The van der Waals surface area contributed by atoms with E-state index in [4.69, 9.17) is 0 Å². The molecule has 0 aliphatic rings. The minimum Gasteiger partial charge on any atom is -0.304 e. The van der Waals surface area contributed by atoms with Gasteiger partial charge in [-0.25, -0.2) is 0 Å². The van der Waals surface area contributed by atoms with Gasteiger partial charge in [0.15, 0.2) is 0 Å². The zero-order chi connectivity index (χ0) is 13.7. The van der Waals surface area contributed by atoms with Crippen LogP contribution in [0.1, 0.15) is 24.1 Å². The average molecular weight is 262 g/mol. The van der Waals surface area contributed by atoms with Crippen molar-refractivity contribution in [1.29, 1.82) is 0 Å². The number of halogens is 2. The molecule has 1 aromatic heterocycles. The number of nitrogens with one attached hydrogen (secondary N) is 1. The SMILES string of the molecule is CC(NCC(F)(F)c1ccccc1)c1cccnc1. The molecule has 1 unspecified atom stereocenters. The lowest BCUT2D eigenvalue weighted by molar-refractivity contribution is -0.00534. The van der Waals surface area contributed by atoms with Gasteiger partial charge in [-0.2, -0.15) is 8.78 Å². The van der Waals surface area contributed by atoms with Gasteiger partial charge in [-0.15, -0.1) is 0 Å². The Hall–Kier alpha value is -1.81. The van der Waals surface area contributed by atoms with Crippen LogP contribution in [0.5, 0.6) is 0 Å². The highest BCUT2D eigenvalue weighted by Gasteiger charge is 2.31. The van der Waals surface area contributed by atoms with Gasteiger partial charge in [0.2, 0.25) is 0 Å². The molecule has 0 amide bonds. The van der Waals surface area contributed by atoms with Crippen molar-refractivity contribution in [2.45, 2.75) is 18.9 Å². The Morgan fingerprint density at radius 3 is 2.53 bits per heavy atom. The first-order chi connectivity index (χ1) is 9.09. The molecule has 1 heterocycles. The van der Waals surface area contributed by atoms with E-state index in [-0.39, 0.29) is 11.6 Å². The molecule has 1 aromatic carbocycles. The third-order valence-corrected chi connectivity index (χ3v) is 3.01. The number of aromatic nitrogens is 1. The van der Waals surface area contributed by atoms with Gasteiger partial charge in [0, 0.05) is 24.0 Å². The lowest BCUT2D eigenvalue weighted by Crippen LogP contribution is -2.32. The summed E-state index contributed by atoms with van der Waals surface area (Å²) < 4.78 is 27.9. The summed E-state index contributed by atoms with van der Waals surface area (Å²) in [5, 5.41) is 2.85. The van der Waals surface area contributed by atoms with Crippen LogP contribution in [0.25, 0.3) is 0 Å². The summed E-state index contributed by atoms with van der Waals surface area (Å²) in [4.78, 5) is 3.98. The largest absolute Gasteiger partial charge is 0.304 e. The highest BCUT2D eigenvalue weighted by molar-refractivity contribution is 5.20. The fraction of sp³-hybridized carbons (Fsp3) is 0.267. The highest BCUT2D eigenvalue weighted by Crippen LogP contribution is 2.27. The molecule has 0 aliphatic carbocycles. The van der Waals surface area contributed by atoms with Gasteiger partial charge in [-0.05, 0) is 18.6 Å². The Balaban J connectivity index is 1.99. The molecule has 1 atom stereocenters. The van der Waals surface area contributed by atoms with E-state index in [1.54, 1.807) is 36.7 Å². The van der Waals surface area contributed by atoms with E-state index < -0.39 is 12.5 Å². The second kappa shape index (κ2) is 5.89. The van der Waals surface area contributed by atoms with Gasteiger partial charge in [0.25, 0.3) is 5.92 Å². The fourth-order valence-corrected chi connectivity index (χ4v) is 1.82. The second-order valence-corrected chi connectivity index (χ2v) is 4.46. The summed E-state index contributed by atoms with van der Waals surface area (Å²) in [6.45, 7) is 1.45. The maximum absolute atomic E-state index is 14.0. The zero-order valence-electron chi connectivity index (χ0n) is 10.7. The van der Waals surface area contributed by atoms with E-state index in [0.717, 1.165) is 5.56 Å². The molecule has 0 spiro atoms. The molecule has 2 rings (SSSR count). The zero-order valence-corrected chi connectivity index (χ0v) is 10.7. The third-order valence-electron chi connectivity index (χ3n) is 3.01. The first-order valence-electron chi connectivity index (χ1n) is 6.16. The van der Waals surface area contributed by atoms with Crippen molar-refractivity contribution < 1.29 is 8.78 Å². The molecule has 2 aromatic rings. The smallest absolute Gasteiger partial charge is 0.285 e. The van der Waals surface area contributed by atoms with Crippen molar-refractivity contribution in [1.82, 2.24) is 10.3 Å². The number of pyridine rings is 1. The van der Waals surface area contributed by atoms with E-state index in [9.17, 15) is 8.78 Å². The maximum atomic E-state index is 14.0. The normalized spacial score (nSPS) is 13.2. The lowest BCUT2D eigenvalue weighted by atomic mass is 10.1. The van der Waals surface area contributed by atoms with E-state index in [0.29, 0.717) is 0 Å². The van der Waals surface area contributed by atoms with Crippen molar-refractivity contribution in [2.24, 2.45) is 0 Å². The predicted octanol–water partition coefficient (Wildman–Crippen LogP) is 3.52. The fourth-order valence-electron chi connectivity index (χ4n) is 1.82. The standard InChI is InChI=1S/C15H16F2N2/c1-12(13-6-5-9-18-10-13)19-11-15(16,17)14-7-3-2-4-8-14/h2-10,12,19H,11H2,1H3. The van der Waals surface area contributed by atoms with Gasteiger partial charge >= 0.3 is 0 Å². The summed E-state index contributed by atoms with van der Waals surface area (Å²) in [5.74, 6) is -2.88. The van der Waals surface area contributed by atoms with Gasteiger partial charge < -0.3 is 5.32 Å². The number of nitrogens with zero attached hydrogens (tertiary/aromatic N) is 1. The summed E-state index contributed by atoms with van der Waals surface area (Å²) >= 11 is 0. The third kappa shape index (κ3) is 3.58. The number of hydrogen-bond donors (Lipinski definition) is 1. The molecule has 1 N–H and O–H groups in total. The average Bonchev–Trinajstić information content (AvgIpc) is 2.47. The van der Waals surface area contributed by atoms with Crippen LogP contribution in [-0.2, 0) is 5.92 Å². The van der Waals surface area contributed by atoms with E-state index in [1.807, 2.05) is 13.0 Å². The van der Waals surface area contributed by atoms with Crippen LogP contribution < -0.4 is 5.32 Å². The quantitative estimate of drug-likeness (QED) is 0.891. The Morgan fingerprint density at radius 2 is 1.89 bits per heavy atom. The van der Waals surface area contributed by atoms with Crippen LogP contribution in [0.3, 0.4) is 0 Å². The first kappa shape index (κ1) is 13.6. The van der Waals surface area contributed by atoms with Gasteiger partial charge in [0.1, 0.15) is 0 Å². The Labute approximate surface area is 111 Å². The molecule has 0 saturated heterocycles. The van der Waals surface area contributed by atoms with E-state index >= 15 is 0 Å². The Bertz CT molecular complexity index is 500. The second-order valence-electron chi connectivity index (χ2n) is 4.46. The summed E-state index contributed by atoms with van der Waals surface area (Å²) in [6.07, 6.45) is 3.34. The van der Waals surface area contributed by atoms with Crippen molar-refractivity contribution >= 4 is 0 Å². The van der Waals surface area contributed by atoms with Crippen LogP contribution in [0, 0.1) is 0 Å². The number of benzene rings is 1. The molecule has 0 aliphatic heterocycles. The van der Waals surface area contributed by atoms with E-state index in [1.165, 1.54) is 12.1 Å². The number of alkyl halides is 2. The van der Waals surface area contributed by atoms with Crippen LogP contribution in [0.4, 0.5) is 8.78 Å². The van der Waals surface area contributed by atoms with Crippen LogP contribution >= 0.6 is 0 Å². The van der Waals surface area contributed by atoms with Gasteiger partial charge in [-0.1, -0.05) is 36.4 Å². The number of hydrogen-bond acceptors (Lipinski definition) is 2. The van der Waals surface area contributed by atoms with Crippen molar-refractivity contribution in [3.05, 3.63) is 66.0 Å². The lowest BCUT2D eigenvalue weighted by Gasteiger charge is -2.21. The number of rotatable bonds is 5. The minimum atomic E-state index is -2.88. The van der Waals surface area contributed by atoms with E-state index in [2.05, 4.69) is 10.3 Å². The predicted molar refractivity (Wildman–Crippen MR) is 71.0 cm³/mol. The van der Waals surface area contributed by atoms with Gasteiger partial charge in [-0.3, -0.25) is 4.98 Å².